The summed E-state index contributed by atoms with van der Waals surface area (Å²) >= 11 is 0. The standard InChI is InChI=1S/C27H25N7O2/c1-16-10-21(11-17(2)31-16)24-25(20-5-3-4-18(12-20)14-28)33-34-9-7-22(32-26(24)34)27(36)30-15-19-6-8-29-23(35)13-19/h3-5,7,9-12,19H,6,8,13,15H2,1-2H3,(H,29,35)(H,30,36). The molecule has 1 atom stereocenters. The number of nitrogens with one attached hydrogen (secondary N) is 2. The minimum absolute atomic E-state index is 0.0138. The molecule has 1 aromatic carbocycles. The van der Waals surface area contributed by atoms with E-state index in [1.807, 2.05) is 38.1 Å². The first-order chi connectivity index (χ1) is 17.4. The van der Waals surface area contributed by atoms with Crippen molar-refractivity contribution < 1.29 is 9.59 Å². The van der Waals surface area contributed by atoms with Gasteiger partial charge in [0.05, 0.1) is 17.2 Å². The highest BCUT2D eigenvalue weighted by Gasteiger charge is 2.22. The fraction of sp³-hybridized carbons (Fsp3) is 0.259. The summed E-state index contributed by atoms with van der Waals surface area (Å²) in [7, 11) is 0. The van der Waals surface area contributed by atoms with Crippen LogP contribution in [0.25, 0.3) is 28.0 Å². The molecule has 4 aromatic rings. The van der Waals surface area contributed by atoms with E-state index < -0.39 is 0 Å². The van der Waals surface area contributed by atoms with Crippen molar-refractivity contribution in [3.8, 4) is 28.5 Å². The molecule has 0 saturated carbocycles. The van der Waals surface area contributed by atoms with Crippen molar-refractivity contribution in [3.63, 3.8) is 0 Å². The highest BCUT2D eigenvalue weighted by molar-refractivity contribution is 5.95. The summed E-state index contributed by atoms with van der Waals surface area (Å²) in [5.74, 6) is -0.177. The fourth-order valence-electron chi connectivity index (χ4n) is 4.59. The Morgan fingerprint density at radius 3 is 2.72 bits per heavy atom. The van der Waals surface area contributed by atoms with Crippen molar-refractivity contribution in [2.75, 3.05) is 13.1 Å². The number of hydrogen-bond acceptors (Lipinski definition) is 6. The molecule has 1 fully saturated rings. The number of carbonyl (C=O) groups is 2. The van der Waals surface area contributed by atoms with Gasteiger partial charge in [0.1, 0.15) is 11.4 Å². The molecule has 0 spiro atoms. The van der Waals surface area contributed by atoms with E-state index in [1.54, 1.807) is 28.9 Å². The van der Waals surface area contributed by atoms with E-state index in [0.29, 0.717) is 36.4 Å². The molecule has 9 heteroatoms. The van der Waals surface area contributed by atoms with Gasteiger partial charge in [0.15, 0.2) is 5.65 Å². The molecule has 0 radical (unpaired) electrons. The number of rotatable bonds is 5. The molecule has 2 N–H and O–H groups in total. The SMILES string of the molecule is Cc1cc(-c2c(-c3cccc(C#N)c3)nn3ccc(C(=O)NCC4CCNC(=O)C4)nc23)cc(C)n1. The summed E-state index contributed by atoms with van der Waals surface area (Å²) in [6.07, 6.45) is 2.95. The summed E-state index contributed by atoms with van der Waals surface area (Å²) < 4.78 is 1.65. The third kappa shape index (κ3) is 4.66. The molecule has 0 aliphatic carbocycles. The van der Waals surface area contributed by atoms with Crippen LogP contribution in [0.5, 0.6) is 0 Å². The molecule has 3 aromatic heterocycles. The number of nitrogens with zero attached hydrogens (tertiary/aromatic N) is 5. The zero-order valence-electron chi connectivity index (χ0n) is 20.1. The van der Waals surface area contributed by atoms with Crippen LogP contribution in [0.3, 0.4) is 0 Å². The monoisotopic (exact) mass is 479 g/mol. The quantitative estimate of drug-likeness (QED) is 0.453. The maximum Gasteiger partial charge on any atom is 0.270 e. The number of aromatic nitrogens is 4. The second-order valence-electron chi connectivity index (χ2n) is 9.05. The van der Waals surface area contributed by atoms with Crippen LogP contribution in [0.15, 0.2) is 48.7 Å². The van der Waals surface area contributed by atoms with Crippen LogP contribution in [-0.2, 0) is 4.79 Å². The molecule has 2 amide bonds. The van der Waals surface area contributed by atoms with E-state index in [2.05, 4.69) is 21.7 Å². The predicted octanol–water partition coefficient (Wildman–Crippen LogP) is 3.20. The van der Waals surface area contributed by atoms with Gasteiger partial charge in [0.2, 0.25) is 5.91 Å². The molecule has 1 aliphatic heterocycles. The first-order valence-electron chi connectivity index (χ1n) is 11.8. The first kappa shape index (κ1) is 23.2. The second kappa shape index (κ2) is 9.58. The van der Waals surface area contributed by atoms with Crippen molar-refractivity contribution in [1.29, 1.82) is 5.26 Å². The molecule has 36 heavy (non-hydrogen) atoms. The van der Waals surface area contributed by atoms with Gasteiger partial charge in [-0.25, -0.2) is 9.50 Å². The summed E-state index contributed by atoms with van der Waals surface area (Å²) in [5.41, 5.74) is 6.12. The van der Waals surface area contributed by atoms with E-state index in [9.17, 15) is 14.9 Å². The summed E-state index contributed by atoms with van der Waals surface area (Å²) in [6.45, 7) is 4.90. The lowest BCUT2D eigenvalue weighted by molar-refractivity contribution is -0.123. The van der Waals surface area contributed by atoms with Crippen molar-refractivity contribution in [2.24, 2.45) is 5.92 Å². The van der Waals surface area contributed by atoms with Crippen molar-refractivity contribution in [1.82, 2.24) is 30.2 Å². The van der Waals surface area contributed by atoms with Gasteiger partial charge in [-0.05, 0) is 62.1 Å². The number of piperidine rings is 1. The van der Waals surface area contributed by atoms with Crippen LogP contribution in [-0.4, -0.2) is 44.5 Å². The summed E-state index contributed by atoms with van der Waals surface area (Å²) in [5, 5.41) is 19.9. The van der Waals surface area contributed by atoms with Gasteiger partial charge in [-0.1, -0.05) is 12.1 Å². The molecule has 5 rings (SSSR count). The number of pyridine rings is 1. The van der Waals surface area contributed by atoms with Crippen LogP contribution in [0, 0.1) is 31.1 Å². The molecule has 180 valence electrons. The van der Waals surface area contributed by atoms with Gasteiger partial charge < -0.3 is 10.6 Å². The van der Waals surface area contributed by atoms with E-state index >= 15 is 0 Å². The van der Waals surface area contributed by atoms with Crippen molar-refractivity contribution >= 4 is 17.5 Å². The Bertz CT molecular complexity index is 1510. The maximum atomic E-state index is 13.0. The highest BCUT2D eigenvalue weighted by Crippen LogP contribution is 2.35. The lowest BCUT2D eigenvalue weighted by Crippen LogP contribution is -2.39. The van der Waals surface area contributed by atoms with Crippen LogP contribution >= 0.6 is 0 Å². The smallest absolute Gasteiger partial charge is 0.270 e. The number of benzene rings is 1. The number of aryl methyl sites for hydroxylation is 2. The molecule has 0 bridgehead atoms. The van der Waals surface area contributed by atoms with E-state index in [4.69, 9.17) is 10.1 Å². The minimum Gasteiger partial charge on any atom is -0.356 e. The number of carbonyl (C=O) groups excluding carboxylic acids is 2. The Balaban J connectivity index is 1.57. The van der Waals surface area contributed by atoms with Gasteiger partial charge >= 0.3 is 0 Å². The second-order valence-corrected chi connectivity index (χ2v) is 9.05. The van der Waals surface area contributed by atoms with Gasteiger partial charge in [-0.3, -0.25) is 14.6 Å². The predicted molar refractivity (Wildman–Crippen MR) is 134 cm³/mol. The summed E-state index contributed by atoms with van der Waals surface area (Å²) in [6, 6.07) is 15.0. The van der Waals surface area contributed by atoms with Gasteiger partial charge in [-0.15, -0.1) is 0 Å². The number of nitriles is 1. The topological polar surface area (TPSA) is 125 Å². The minimum atomic E-state index is -0.300. The van der Waals surface area contributed by atoms with E-state index in [1.165, 1.54) is 0 Å². The Morgan fingerprint density at radius 2 is 1.97 bits per heavy atom. The Morgan fingerprint density at radius 1 is 1.17 bits per heavy atom. The van der Waals surface area contributed by atoms with E-state index in [0.717, 1.165) is 34.5 Å². The largest absolute Gasteiger partial charge is 0.356 e. The zero-order valence-corrected chi connectivity index (χ0v) is 20.1. The van der Waals surface area contributed by atoms with Crippen LogP contribution in [0.2, 0.25) is 0 Å². The molecular weight excluding hydrogens is 454 g/mol. The average molecular weight is 480 g/mol. The summed E-state index contributed by atoms with van der Waals surface area (Å²) in [4.78, 5) is 33.8. The zero-order chi connectivity index (χ0) is 25.2. The first-order valence-corrected chi connectivity index (χ1v) is 11.8. The van der Waals surface area contributed by atoms with Crippen molar-refractivity contribution in [2.45, 2.75) is 26.7 Å². The number of fused-ring (bicyclic) bond motifs is 1. The lowest BCUT2D eigenvalue weighted by Gasteiger charge is -2.22. The maximum absolute atomic E-state index is 13.0. The Labute approximate surface area is 208 Å². The normalized spacial score (nSPS) is 15.4. The van der Waals surface area contributed by atoms with E-state index in [-0.39, 0.29) is 23.4 Å². The molecular formula is C27H25N7O2. The molecule has 4 heterocycles. The fourth-order valence-corrected chi connectivity index (χ4v) is 4.59. The Kier molecular flexibility index (Phi) is 6.17. The molecule has 1 aliphatic rings. The van der Waals surface area contributed by atoms with Gasteiger partial charge in [-0.2, -0.15) is 10.4 Å². The lowest BCUT2D eigenvalue weighted by atomic mass is 9.97. The van der Waals surface area contributed by atoms with Crippen LogP contribution in [0.4, 0.5) is 0 Å². The third-order valence-electron chi connectivity index (χ3n) is 6.25. The van der Waals surface area contributed by atoms with Crippen molar-refractivity contribution in [3.05, 3.63) is 71.3 Å². The number of amides is 2. The third-order valence-corrected chi connectivity index (χ3v) is 6.25. The molecule has 9 nitrogen and oxygen atoms in total. The van der Waals surface area contributed by atoms with Crippen LogP contribution < -0.4 is 10.6 Å². The number of hydrogen-bond donors (Lipinski definition) is 2. The molecule has 1 unspecified atom stereocenters. The average Bonchev–Trinajstić information content (AvgIpc) is 3.26. The Hall–Kier alpha value is -4.58. The van der Waals surface area contributed by atoms with Crippen LogP contribution in [0.1, 0.15) is 40.3 Å². The van der Waals surface area contributed by atoms with Gasteiger partial charge in [0, 0.05) is 42.7 Å². The molecule has 1 saturated heterocycles. The van der Waals surface area contributed by atoms with Gasteiger partial charge in [0.25, 0.3) is 5.91 Å². The highest BCUT2D eigenvalue weighted by atomic mass is 16.2.